The van der Waals surface area contributed by atoms with Gasteiger partial charge in [-0.3, -0.25) is 0 Å². The number of rotatable bonds is 8. The minimum atomic E-state index is -1.12. The van der Waals surface area contributed by atoms with Crippen molar-refractivity contribution in [3.05, 3.63) is 0 Å². The van der Waals surface area contributed by atoms with Crippen LogP contribution in [0.15, 0.2) is 0 Å². The minimum Gasteiger partial charge on any atom is -0.639 e. The molecule has 0 aromatic carbocycles. The quantitative estimate of drug-likeness (QED) is 0.627. The van der Waals surface area contributed by atoms with E-state index >= 15 is 0 Å². The third-order valence-electron chi connectivity index (χ3n) is 2.27. The van der Waals surface area contributed by atoms with Gasteiger partial charge < -0.3 is 15.2 Å². The van der Waals surface area contributed by atoms with Gasteiger partial charge in [-0.25, -0.2) is 0 Å². The fourth-order valence-electron chi connectivity index (χ4n) is 0.881. The van der Waals surface area contributed by atoms with E-state index in [1.807, 2.05) is 55.4 Å². The maximum absolute atomic E-state index is 5.32. The summed E-state index contributed by atoms with van der Waals surface area (Å²) in [7, 11) is 0. The molecule has 112 valence electrons. The molecule has 19 heavy (non-hydrogen) atoms. The summed E-state index contributed by atoms with van der Waals surface area (Å²) >= 11 is -2.24. The predicted molar refractivity (Wildman–Crippen MR) is 87.7 cm³/mol. The van der Waals surface area contributed by atoms with Crippen LogP contribution in [0.2, 0.25) is 0 Å². The second kappa shape index (κ2) is 18.2. The number of hydrogen-bond acceptors (Lipinski definition) is 4. The van der Waals surface area contributed by atoms with Crippen molar-refractivity contribution in [1.82, 2.24) is 0 Å². The fraction of sp³-hybridized carbons (Fsp3) is 1.00. The molecule has 0 fully saturated rings. The maximum atomic E-state index is 5.32. The Balaban J connectivity index is -0.000000256. The van der Waals surface area contributed by atoms with Crippen LogP contribution in [0.3, 0.4) is 0 Å². The maximum Gasteiger partial charge on any atom is 2.00 e. The predicted octanol–water partition coefficient (Wildman–Crippen LogP) is 1.29. The monoisotopic (exact) mass is 334 g/mol. The van der Waals surface area contributed by atoms with Crippen LogP contribution in [-0.4, -0.2) is 93.9 Å². The van der Waals surface area contributed by atoms with E-state index in [4.69, 9.17) is 15.2 Å². The Kier molecular flexibility index (Phi) is 25.0. The Morgan fingerprint density at radius 1 is 0.474 bits per heavy atom. The van der Waals surface area contributed by atoms with Crippen LogP contribution in [0.5, 0.6) is 0 Å². The van der Waals surface area contributed by atoms with E-state index in [9.17, 15) is 0 Å². The molecule has 0 rings (SSSR count). The van der Waals surface area contributed by atoms with Gasteiger partial charge in [-0.15, -0.1) is 0 Å². The van der Waals surface area contributed by atoms with Crippen LogP contribution >= 0.6 is 0 Å². The summed E-state index contributed by atoms with van der Waals surface area (Å²) in [6.45, 7) is 16.3. The molecule has 7 heteroatoms. The van der Waals surface area contributed by atoms with Crippen LogP contribution in [0.1, 0.15) is 55.4 Å². The average molecular weight is 334 g/mol. The van der Waals surface area contributed by atoms with Gasteiger partial charge in [0, 0.05) is 0 Å². The Hall–Kier alpha value is 2.16. The Morgan fingerprint density at radius 2 is 0.632 bits per heavy atom. The summed E-state index contributed by atoms with van der Waals surface area (Å²) in [6.07, 6.45) is 1.42. The van der Waals surface area contributed by atoms with Gasteiger partial charge in [-0.05, 0) is 79.8 Å². The molecule has 0 saturated carbocycles. The van der Waals surface area contributed by atoms with Crippen LogP contribution in [-0.2, 0) is 15.2 Å². The molecule has 4 nitrogen and oxygen atoms in total. The molecule has 0 N–H and O–H groups in total. The summed E-state index contributed by atoms with van der Waals surface area (Å²) in [6, 6.07) is 0. The summed E-state index contributed by atoms with van der Waals surface area (Å²) in [5.41, 5.74) is 0. The zero-order valence-corrected chi connectivity index (χ0v) is 20.9. The third-order valence-corrected chi connectivity index (χ3v) is 6.81. The molecule has 0 saturated heterocycles. The second-order valence-corrected chi connectivity index (χ2v) is 8.02. The first-order valence-corrected chi connectivity index (χ1v) is 10.5. The van der Waals surface area contributed by atoms with Crippen molar-refractivity contribution in [2.45, 2.75) is 79.8 Å². The molecule has 0 unspecified atom stereocenters. The Morgan fingerprint density at radius 3 is 0.737 bits per heavy atom. The third kappa shape index (κ3) is 33.2. The summed E-state index contributed by atoms with van der Waals surface area (Å²) in [5.74, 6) is 0. The average Bonchev–Trinajstić information content (AvgIpc) is 2.15. The summed E-state index contributed by atoms with van der Waals surface area (Å²) < 4.78 is 21.3. The molecule has 0 heterocycles. The van der Waals surface area contributed by atoms with Crippen molar-refractivity contribution in [1.29, 1.82) is 0 Å². The van der Waals surface area contributed by atoms with Gasteiger partial charge in [0.2, 0.25) is 0 Å². The van der Waals surface area contributed by atoms with Crippen molar-refractivity contribution >= 4 is 69.5 Å². The van der Waals surface area contributed by atoms with Crippen molar-refractivity contribution in [2.24, 2.45) is 0 Å². The van der Waals surface area contributed by atoms with Gasteiger partial charge >= 0.3 is 69.5 Å². The first kappa shape index (κ1) is 26.1. The van der Waals surface area contributed by atoms with E-state index < -0.39 is 31.8 Å². The number of hydrogen-bond donors (Lipinski definition) is 0. The normalized spacial score (nSPS) is 10.7. The molecular weight excluding hydrogens is 302 g/mol. The minimum absolute atomic E-state index is 0. The van der Waals surface area contributed by atoms with Gasteiger partial charge in [0.15, 0.2) is 0 Å². The molecule has 0 bridgehead atoms. The van der Waals surface area contributed by atoms with E-state index in [1.54, 1.807) is 0 Å². The standard InChI is InChI=1S/4C3H7O.2Al.Ca.4H/c4*1-3(2)4;;;;;;;/h4*3H,1-2H3;;;;;;;/q4*-1;2*+1;+2;;;;. The van der Waals surface area contributed by atoms with Crippen LogP contribution in [0.4, 0.5) is 0 Å². The Labute approximate surface area is 163 Å². The first-order valence-electron chi connectivity index (χ1n) is 7.19. The second-order valence-electron chi connectivity index (χ2n) is 5.47. The zero-order chi connectivity index (χ0) is 14.6. The zero-order valence-electron chi connectivity index (χ0n) is 14.6. The SMILES string of the molecule is CC(C)[O][AlH2-][O]C(C)C.CC(C)[O][AlH2-][O]C(C)C.[Ca+2]. The van der Waals surface area contributed by atoms with Crippen molar-refractivity contribution in [3.8, 4) is 0 Å². The van der Waals surface area contributed by atoms with E-state index in [-0.39, 0.29) is 37.7 Å². The molecule has 0 aliphatic heterocycles. The summed E-state index contributed by atoms with van der Waals surface area (Å²) in [4.78, 5) is 0. The summed E-state index contributed by atoms with van der Waals surface area (Å²) in [5, 5.41) is 0. The van der Waals surface area contributed by atoms with Crippen molar-refractivity contribution in [2.75, 3.05) is 0 Å². The van der Waals surface area contributed by atoms with Crippen molar-refractivity contribution < 1.29 is 15.2 Å². The molecule has 0 aliphatic carbocycles. The van der Waals surface area contributed by atoms with Gasteiger partial charge in [0.25, 0.3) is 0 Å². The molecule has 0 radical (unpaired) electrons. The molecular formula is C12H32Al2CaO4. The smallest absolute Gasteiger partial charge is 0.639 e. The largest absolute Gasteiger partial charge is 2.00 e. The molecule has 0 spiro atoms. The van der Waals surface area contributed by atoms with Crippen LogP contribution in [0.25, 0.3) is 0 Å². The van der Waals surface area contributed by atoms with Gasteiger partial charge in [-0.2, -0.15) is 0 Å². The van der Waals surface area contributed by atoms with E-state index in [2.05, 4.69) is 0 Å². The van der Waals surface area contributed by atoms with Gasteiger partial charge in [0.05, 0.1) is 0 Å². The van der Waals surface area contributed by atoms with Crippen molar-refractivity contribution in [3.63, 3.8) is 0 Å². The topological polar surface area (TPSA) is 36.9 Å². The molecule has 0 atom stereocenters. The fourth-order valence-corrected chi connectivity index (χ4v) is 2.64. The van der Waals surface area contributed by atoms with Gasteiger partial charge in [-0.1, -0.05) is 0 Å². The molecule has 0 aromatic rings. The Bertz CT molecular complexity index is 136. The molecule has 0 aliphatic rings. The van der Waals surface area contributed by atoms with Crippen LogP contribution in [0, 0.1) is 0 Å². The van der Waals surface area contributed by atoms with Gasteiger partial charge in [0.1, 0.15) is 0 Å². The van der Waals surface area contributed by atoms with E-state index in [1.165, 1.54) is 0 Å². The molecule has 0 aromatic heterocycles. The van der Waals surface area contributed by atoms with Crippen LogP contribution < -0.4 is 0 Å². The van der Waals surface area contributed by atoms with E-state index in [0.717, 1.165) is 0 Å². The van der Waals surface area contributed by atoms with E-state index in [0.29, 0.717) is 24.4 Å². The first-order chi connectivity index (χ1) is 8.25. The molecule has 0 amide bonds.